The van der Waals surface area contributed by atoms with E-state index in [1.165, 1.54) is 0 Å². The van der Waals surface area contributed by atoms with Gasteiger partial charge in [-0.2, -0.15) is 0 Å². The monoisotopic (exact) mass is 303 g/mol. The van der Waals surface area contributed by atoms with Gasteiger partial charge in [-0.05, 0) is 24.3 Å². The minimum absolute atomic E-state index is 0.297. The Kier molecular flexibility index (Phi) is 3.40. The third-order valence-corrected chi connectivity index (χ3v) is 3.37. The molecule has 6 nitrogen and oxygen atoms in total. The summed E-state index contributed by atoms with van der Waals surface area (Å²) in [6, 6.07) is 15.4. The molecule has 0 radical (unpaired) electrons. The highest BCUT2D eigenvalue weighted by atomic mass is 16.5. The molecule has 0 bridgehead atoms. The topological polar surface area (TPSA) is 65.7 Å². The Morgan fingerprint density at radius 3 is 2.57 bits per heavy atom. The van der Waals surface area contributed by atoms with E-state index in [-0.39, 0.29) is 0 Å². The molecule has 0 aliphatic heterocycles. The molecule has 0 atom stereocenters. The Balaban J connectivity index is 1.49. The summed E-state index contributed by atoms with van der Waals surface area (Å²) >= 11 is 0. The fourth-order valence-electron chi connectivity index (χ4n) is 2.25. The van der Waals surface area contributed by atoms with E-state index in [1.807, 2.05) is 48.5 Å². The van der Waals surface area contributed by atoms with Gasteiger partial charge >= 0.3 is 0 Å². The van der Waals surface area contributed by atoms with Crippen LogP contribution in [0.1, 0.15) is 5.82 Å². The van der Waals surface area contributed by atoms with E-state index in [1.54, 1.807) is 23.4 Å². The summed E-state index contributed by atoms with van der Waals surface area (Å²) in [6.07, 6.45) is 5.01. The van der Waals surface area contributed by atoms with Crippen LogP contribution >= 0.6 is 0 Å². The van der Waals surface area contributed by atoms with Crippen molar-refractivity contribution in [1.82, 2.24) is 24.7 Å². The molecule has 0 saturated heterocycles. The molecule has 6 heteroatoms. The summed E-state index contributed by atoms with van der Waals surface area (Å²) in [4.78, 5) is 12.8. The zero-order valence-electron chi connectivity index (χ0n) is 12.2. The van der Waals surface area contributed by atoms with Crippen LogP contribution in [0.3, 0.4) is 0 Å². The number of nitrogens with zero attached hydrogens (tertiary/aromatic N) is 5. The highest BCUT2D eigenvalue weighted by Gasteiger charge is 2.05. The van der Waals surface area contributed by atoms with Crippen molar-refractivity contribution in [3.63, 3.8) is 0 Å². The van der Waals surface area contributed by atoms with E-state index < -0.39 is 0 Å². The van der Waals surface area contributed by atoms with Crippen molar-refractivity contribution in [2.24, 2.45) is 0 Å². The molecule has 0 fully saturated rings. The molecule has 4 aromatic rings. The molecule has 2 heterocycles. The highest BCUT2D eigenvalue weighted by molar-refractivity contribution is 5.75. The molecule has 0 spiro atoms. The fraction of sp³-hybridized carbons (Fsp3) is 0.0588. The third-order valence-electron chi connectivity index (χ3n) is 3.37. The fourth-order valence-corrected chi connectivity index (χ4v) is 2.25. The molecule has 4 rings (SSSR count). The van der Waals surface area contributed by atoms with E-state index >= 15 is 0 Å². The van der Waals surface area contributed by atoms with E-state index in [0.717, 1.165) is 16.7 Å². The zero-order chi connectivity index (χ0) is 15.5. The van der Waals surface area contributed by atoms with E-state index in [2.05, 4.69) is 20.1 Å². The molecular weight excluding hydrogens is 290 g/mol. The minimum atomic E-state index is 0.297. The van der Waals surface area contributed by atoms with Gasteiger partial charge in [-0.15, -0.1) is 5.10 Å². The molecule has 0 aliphatic carbocycles. The number of benzene rings is 2. The Labute approximate surface area is 132 Å². The van der Waals surface area contributed by atoms with Gasteiger partial charge < -0.3 is 4.74 Å². The van der Waals surface area contributed by atoms with Gasteiger partial charge in [0.05, 0.1) is 16.7 Å². The van der Waals surface area contributed by atoms with Gasteiger partial charge in [-0.3, -0.25) is 9.97 Å². The van der Waals surface area contributed by atoms with Crippen LogP contribution in [0.15, 0.2) is 67.3 Å². The van der Waals surface area contributed by atoms with Crippen molar-refractivity contribution < 1.29 is 4.74 Å². The molecular formula is C17H13N5O. The van der Waals surface area contributed by atoms with Gasteiger partial charge in [0.2, 0.25) is 0 Å². The van der Waals surface area contributed by atoms with E-state index in [9.17, 15) is 0 Å². The van der Waals surface area contributed by atoms with Crippen LogP contribution in [-0.2, 0) is 6.61 Å². The number of rotatable bonds is 4. The molecule has 0 saturated carbocycles. The lowest BCUT2D eigenvalue weighted by molar-refractivity contribution is 0.296. The summed E-state index contributed by atoms with van der Waals surface area (Å²) in [5.41, 5.74) is 2.60. The lowest BCUT2D eigenvalue weighted by atomic mass is 10.3. The summed E-state index contributed by atoms with van der Waals surface area (Å²) in [5.74, 6) is 1.34. The summed E-state index contributed by atoms with van der Waals surface area (Å²) in [5, 5.41) is 4.41. The average Bonchev–Trinajstić information content (AvgIpc) is 3.10. The van der Waals surface area contributed by atoms with Gasteiger partial charge in [0.25, 0.3) is 0 Å². The second kappa shape index (κ2) is 5.84. The zero-order valence-corrected chi connectivity index (χ0v) is 12.2. The molecule has 2 aromatic heterocycles. The standard InChI is InChI=1S/C17H13N5O/c1-2-4-13(5-3-1)22-12-20-17(21-22)11-23-14-6-7-15-16(10-14)19-9-8-18-15/h1-10,12H,11H2. The number of fused-ring (bicyclic) bond motifs is 1. The lowest BCUT2D eigenvalue weighted by Gasteiger charge is -2.04. The van der Waals surface area contributed by atoms with Crippen molar-refractivity contribution in [2.45, 2.75) is 6.61 Å². The lowest BCUT2D eigenvalue weighted by Crippen LogP contribution is -2.00. The van der Waals surface area contributed by atoms with Crippen LogP contribution in [0.4, 0.5) is 0 Å². The van der Waals surface area contributed by atoms with Crippen LogP contribution in [0.25, 0.3) is 16.7 Å². The molecule has 0 amide bonds. The smallest absolute Gasteiger partial charge is 0.188 e. The first-order valence-corrected chi connectivity index (χ1v) is 7.18. The predicted octanol–water partition coefficient (Wildman–Crippen LogP) is 2.79. The summed E-state index contributed by atoms with van der Waals surface area (Å²) in [6.45, 7) is 0.297. The van der Waals surface area contributed by atoms with E-state index in [4.69, 9.17) is 4.74 Å². The van der Waals surface area contributed by atoms with E-state index in [0.29, 0.717) is 18.2 Å². The predicted molar refractivity (Wildman–Crippen MR) is 85.2 cm³/mol. The molecule has 0 aliphatic rings. The molecule has 112 valence electrons. The van der Waals surface area contributed by atoms with Crippen molar-refractivity contribution in [1.29, 1.82) is 0 Å². The Bertz CT molecular complexity index is 936. The second-order valence-electron chi connectivity index (χ2n) is 4.94. The summed E-state index contributed by atoms with van der Waals surface area (Å²) in [7, 11) is 0. The molecule has 0 N–H and O–H groups in total. The van der Waals surface area contributed by atoms with Crippen LogP contribution in [0, 0.1) is 0 Å². The quantitative estimate of drug-likeness (QED) is 0.580. The van der Waals surface area contributed by atoms with Crippen LogP contribution in [0.2, 0.25) is 0 Å². The van der Waals surface area contributed by atoms with Gasteiger partial charge in [-0.1, -0.05) is 18.2 Å². The number of aromatic nitrogens is 5. The number of ether oxygens (including phenoxy) is 1. The average molecular weight is 303 g/mol. The normalized spacial score (nSPS) is 10.8. The summed E-state index contributed by atoms with van der Waals surface area (Å²) < 4.78 is 7.47. The van der Waals surface area contributed by atoms with Crippen LogP contribution in [0.5, 0.6) is 5.75 Å². The maximum absolute atomic E-state index is 5.74. The molecule has 23 heavy (non-hydrogen) atoms. The Morgan fingerprint density at radius 2 is 1.70 bits per heavy atom. The van der Waals surface area contributed by atoms with Crippen molar-refractivity contribution in [3.8, 4) is 11.4 Å². The first kappa shape index (κ1) is 13.4. The Hall–Kier alpha value is -3.28. The third kappa shape index (κ3) is 2.87. The number of hydrogen-bond acceptors (Lipinski definition) is 5. The van der Waals surface area contributed by atoms with Gasteiger partial charge in [0.1, 0.15) is 18.7 Å². The number of para-hydroxylation sites is 1. The van der Waals surface area contributed by atoms with Crippen molar-refractivity contribution in [2.75, 3.05) is 0 Å². The maximum Gasteiger partial charge on any atom is 0.188 e. The first-order valence-electron chi connectivity index (χ1n) is 7.18. The largest absolute Gasteiger partial charge is 0.485 e. The second-order valence-corrected chi connectivity index (χ2v) is 4.94. The molecule has 2 aromatic carbocycles. The van der Waals surface area contributed by atoms with Gasteiger partial charge in [0.15, 0.2) is 5.82 Å². The first-order chi connectivity index (χ1) is 11.4. The highest BCUT2D eigenvalue weighted by Crippen LogP contribution is 2.18. The Morgan fingerprint density at radius 1 is 0.870 bits per heavy atom. The van der Waals surface area contributed by atoms with Crippen LogP contribution in [-0.4, -0.2) is 24.7 Å². The minimum Gasteiger partial charge on any atom is -0.485 e. The SMILES string of the molecule is c1ccc(-n2cnc(COc3ccc4nccnc4c3)n2)cc1. The van der Waals surface area contributed by atoms with Crippen molar-refractivity contribution in [3.05, 3.63) is 73.1 Å². The number of hydrogen-bond donors (Lipinski definition) is 0. The van der Waals surface area contributed by atoms with Crippen LogP contribution < -0.4 is 4.74 Å². The maximum atomic E-state index is 5.74. The molecule has 0 unspecified atom stereocenters. The van der Waals surface area contributed by atoms with Gasteiger partial charge in [-0.25, -0.2) is 9.67 Å². The van der Waals surface area contributed by atoms with Gasteiger partial charge in [0, 0.05) is 18.5 Å². The van der Waals surface area contributed by atoms with Crippen molar-refractivity contribution >= 4 is 11.0 Å².